The summed E-state index contributed by atoms with van der Waals surface area (Å²) in [4.78, 5) is 55.0. The van der Waals surface area contributed by atoms with Crippen LogP contribution in [0.4, 0.5) is 0 Å². The van der Waals surface area contributed by atoms with E-state index in [-0.39, 0.29) is 42.5 Å². The van der Waals surface area contributed by atoms with E-state index >= 15 is 0 Å². The predicted octanol–water partition coefficient (Wildman–Crippen LogP) is 4.23. The van der Waals surface area contributed by atoms with Gasteiger partial charge in [-0.3, -0.25) is 19.2 Å². The molecule has 0 saturated carbocycles. The van der Waals surface area contributed by atoms with Crippen molar-refractivity contribution in [3.8, 4) is 0 Å². The average Bonchev–Trinajstić information content (AvgIpc) is 3.63. The van der Waals surface area contributed by atoms with Gasteiger partial charge < -0.3 is 35.9 Å². The summed E-state index contributed by atoms with van der Waals surface area (Å²) in [7, 11) is 0. The van der Waals surface area contributed by atoms with Crippen molar-refractivity contribution in [3.63, 3.8) is 0 Å². The number of aromatic nitrogens is 2. The number of carboxylic acids is 2. The SMILES string of the molecule is CCC1C(=O)N[C@H](Cc2[nH]c(Cc3[nH]c(/C=C4/NC(=O)[C@H](C)[C@H]4CC)c(C)c3CCC(=O)O)c(CCC(=O)O)c2C)/C1=C/O. The molecule has 0 bridgehead atoms. The second kappa shape index (κ2) is 13.6. The largest absolute Gasteiger partial charge is 0.516 e. The molecule has 4 heterocycles. The fraction of sp³-hybridized carbons (Fsp3) is 0.515. The number of hydrogen-bond donors (Lipinski definition) is 7. The first-order chi connectivity index (χ1) is 20.9. The Bertz CT molecular complexity index is 1510. The summed E-state index contributed by atoms with van der Waals surface area (Å²) in [5, 5.41) is 34.8. The smallest absolute Gasteiger partial charge is 0.303 e. The molecule has 11 heteroatoms. The summed E-state index contributed by atoms with van der Waals surface area (Å²) in [6.07, 6.45) is 5.62. The van der Waals surface area contributed by atoms with Crippen molar-refractivity contribution in [1.29, 1.82) is 0 Å². The van der Waals surface area contributed by atoms with E-state index < -0.39 is 17.9 Å². The van der Waals surface area contributed by atoms with Gasteiger partial charge >= 0.3 is 11.9 Å². The molecule has 4 atom stereocenters. The van der Waals surface area contributed by atoms with Crippen molar-refractivity contribution in [2.45, 2.75) is 92.0 Å². The topological polar surface area (TPSA) is 185 Å². The third-order valence-electron chi connectivity index (χ3n) is 9.44. The van der Waals surface area contributed by atoms with Gasteiger partial charge in [-0.1, -0.05) is 20.8 Å². The van der Waals surface area contributed by atoms with Crippen molar-refractivity contribution >= 4 is 29.8 Å². The van der Waals surface area contributed by atoms with Crippen molar-refractivity contribution in [3.05, 3.63) is 62.6 Å². The highest BCUT2D eigenvalue weighted by Crippen LogP contribution is 2.34. The second-order valence-electron chi connectivity index (χ2n) is 12.0. The Kier molecular flexibility index (Phi) is 10.1. The van der Waals surface area contributed by atoms with Crippen LogP contribution in [-0.4, -0.2) is 55.1 Å². The molecule has 238 valence electrons. The molecular weight excluding hydrogens is 564 g/mol. The summed E-state index contributed by atoms with van der Waals surface area (Å²) in [5.74, 6) is -2.43. The van der Waals surface area contributed by atoms with Gasteiger partial charge in [0.2, 0.25) is 11.8 Å². The summed E-state index contributed by atoms with van der Waals surface area (Å²) in [6, 6.07) is -0.386. The molecule has 0 aliphatic carbocycles. The highest BCUT2D eigenvalue weighted by atomic mass is 16.4. The zero-order chi connectivity index (χ0) is 32.3. The van der Waals surface area contributed by atoms with Gasteiger partial charge in [-0.2, -0.15) is 0 Å². The van der Waals surface area contributed by atoms with Crippen LogP contribution in [0.25, 0.3) is 6.08 Å². The molecule has 7 N–H and O–H groups in total. The van der Waals surface area contributed by atoms with Crippen LogP contribution in [0.5, 0.6) is 0 Å². The number of aliphatic hydroxyl groups is 1. The number of carbonyl (C=O) groups is 4. The molecule has 1 unspecified atom stereocenters. The number of H-pyrrole nitrogens is 2. The molecule has 2 aliphatic rings. The van der Waals surface area contributed by atoms with Gasteiger partial charge in [0.15, 0.2) is 0 Å². The molecule has 11 nitrogen and oxygen atoms in total. The minimum absolute atomic E-state index is 0.0148. The van der Waals surface area contributed by atoms with E-state index in [1.54, 1.807) is 0 Å². The van der Waals surface area contributed by atoms with E-state index in [0.29, 0.717) is 37.7 Å². The number of carbonyl (C=O) groups excluding carboxylic acids is 2. The van der Waals surface area contributed by atoms with Gasteiger partial charge in [-0.15, -0.1) is 0 Å². The maximum absolute atomic E-state index is 12.5. The molecule has 0 spiro atoms. The number of nitrogens with one attached hydrogen (secondary N) is 4. The third-order valence-corrected chi connectivity index (χ3v) is 9.44. The summed E-state index contributed by atoms with van der Waals surface area (Å²) in [5.41, 5.74) is 8.30. The highest BCUT2D eigenvalue weighted by Gasteiger charge is 2.37. The van der Waals surface area contributed by atoms with Gasteiger partial charge in [-0.05, 0) is 73.4 Å². The lowest BCUT2D eigenvalue weighted by atomic mass is 9.92. The molecule has 44 heavy (non-hydrogen) atoms. The van der Waals surface area contributed by atoms with Crippen molar-refractivity contribution < 1.29 is 34.5 Å². The first-order valence-corrected chi connectivity index (χ1v) is 15.4. The molecule has 0 aromatic carbocycles. The highest BCUT2D eigenvalue weighted by molar-refractivity contribution is 5.86. The van der Waals surface area contributed by atoms with Crippen LogP contribution < -0.4 is 10.6 Å². The van der Waals surface area contributed by atoms with Crippen LogP contribution in [0.15, 0.2) is 17.5 Å². The number of allylic oxidation sites excluding steroid dienone is 1. The Morgan fingerprint density at radius 2 is 1.48 bits per heavy atom. The van der Waals surface area contributed by atoms with Crippen LogP contribution in [0.1, 0.15) is 91.5 Å². The average molecular weight is 609 g/mol. The Labute approximate surface area is 257 Å². The Hall–Kier alpha value is -4.28. The van der Waals surface area contributed by atoms with Crippen LogP contribution >= 0.6 is 0 Å². The number of aliphatic carboxylic acids is 2. The number of hydrogen-bond acceptors (Lipinski definition) is 5. The molecular formula is C33H44N4O7. The van der Waals surface area contributed by atoms with Crippen LogP contribution in [0.2, 0.25) is 0 Å². The molecule has 2 fully saturated rings. The lowest BCUT2D eigenvalue weighted by Gasteiger charge is -2.13. The van der Waals surface area contributed by atoms with Crippen LogP contribution in [0, 0.1) is 31.6 Å². The van der Waals surface area contributed by atoms with Crippen molar-refractivity contribution in [1.82, 2.24) is 20.6 Å². The van der Waals surface area contributed by atoms with Gasteiger partial charge in [0.05, 0.1) is 18.2 Å². The maximum Gasteiger partial charge on any atom is 0.303 e. The third kappa shape index (κ3) is 6.61. The summed E-state index contributed by atoms with van der Waals surface area (Å²) >= 11 is 0. The van der Waals surface area contributed by atoms with E-state index in [1.807, 2.05) is 40.7 Å². The van der Waals surface area contributed by atoms with Crippen LogP contribution in [0.3, 0.4) is 0 Å². The zero-order valence-corrected chi connectivity index (χ0v) is 26.1. The monoisotopic (exact) mass is 608 g/mol. The van der Waals surface area contributed by atoms with Crippen molar-refractivity contribution in [2.24, 2.45) is 17.8 Å². The first-order valence-electron chi connectivity index (χ1n) is 15.4. The van der Waals surface area contributed by atoms with Crippen molar-refractivity contribution in [2.75, 3.05) is 0 Å². The number of aliphatic hydroxyl groups excluding tert-OH is 1. The molecule has 2 saturated heterocycles. The van der Waals surface area contributed by atoms with E-state index in [9.17, 15) is 34.5 Å². The van der Waals surface area contributed by atoms with E-state index in [1.165, 1.54) is 0 Å². The van der Waals surface area contributed by atoms with Gasteiger partial charge in [0, 0.05) is 66.0 Å². The standard InChI is InChI=1S/C33H44N4O7/c1-6-19-18(5)32(43)36-26(19)12-24-16(3)21(8-10-30(39)40)27(34-24)14-28-22(9-11-31(41)42)17(4)25(35-28)13-29-23(15-38)20(7-2)33(44)37-29/h12,15,18-20,29,34-35,38H,6-11,13-14H2,1-5H3,(H,36,43)(H,37,44)(H,39,40)(H,41,42)/b23-15+,26-12+/t18-,19-,20?,29-/m1/s1. The maximum atomic E-state index is 12.5. The lowest BCUT2D eigenvalue weighted by molar-refractivity contribution is -0.138. The van der Waals surface area contributed by atoms with Gasteiger partial charge in [0.1, 0.15) is 0 Å². The number of aromatic amines is 2. The molecule has 2 amide bonds. The Morgan fingerprint density at radius 1 is 0.864 bits per heavy atom. The molecule has 2 aromatic heterocycles. The summed E-state index contributed by atoms with van der Waals surface area (Å²) < 4.78 is 0. The van der Waals surface area contributed by atoms with E-state index in [0.717, 1.165) is 63.4 Å². The predicted molar refractivity (Wildman–Crippen MR) is 165 cm³/mol. The molecule has 2 aliphatic heterocycles. The second-order valence-corrected chi connectivity index (χ2v) is 12.0. The van der Waals surface area contributed by atoms with E-state index in [4.69, 9.17) is 0 Å². The fourth-order valence-corrected chi connectivity index (χ4v) is 6.84. The fourth-order valence-electron chi connectivity index (χ4n) is 6.84. The zero-order valence-electron chi connectivity index (χ0n) is 26.1. The van der Waals surface area contributed by atoms with Gasteiger partial charge in [-0.25, -0.2) is 0 Å². The Morgan fingerprint density at radius 3 is 2.05 bits per heavy atom. The Balaban J connectivity index is 1.74. The minimum Gasteiger partial charge on any atom is -0.516 e. The number of amides is 2. The minimum atomic E-state index is -0.914. The van der Waals surface area contributed by atoms with E-state index in [2.05, 4.69) is 20.6 Å². The van der Waals surface area contributed by atoms with Gasteiger partial charge in [0.25, 0.3) is 0 Å². The number of rotatable bonds is 13. The molecule has 4 rings (SSSR count). The lowest BCUT2D eigenvalue weighted by Crippen LogP contribution is -2.29. The quantitative estimate of drug-likeness (QED) is 0.166. The number of carboxylic acid groups (broad SMARTS) is 2. The van der Waals surface area contributed by atoms with Crippen LogP contribution in [-0.2, 0) is 44.9 Å². The summed E-state index contributed by atoms with van der Waals surface area (Å²) in [6.45, 7) is 9.73. The molecule has 2 aromatic rings. The normalized spacial score (nSPS) is 23.5. The molecule has 0 radical (unpaired) electrons. The first kappa shape index (κ1) is 32.6.